The molecule has 3 atom stereocenters. The van der Waals surface area contributed by atoms with Crippen molar-refractivity contribution < 1.29 is 5.11 Å². The summed E-state index contributed by atoms with van der Waals surface area (Å²) in [6.45, 7) is 2.23. The second-order valence-electron chi connectivity index (χ2n) is 4.45. The van der Waals surface area contributed by atoms with Crippen molar-refractivity contribution in [3.05, 3.63) is 18.2 Å². The number of hydrogen-bond donors (Lipinski definition) is 1. The van der Waals surface area contributed by atoms with Gasteiger partial charge in [0.2, 0.25) is 0 Å². The lowest BCUT2D eigenvalue weighted by Crippen LogP contribution is -2.17. The van der Waals surface area contributed by atoms with Gasteiger partial charge in [0.15, 0.2) is 0 Å². The predicted molar refractivity (Wildman–Crippen MR) is 54.7 cm³/mol. The van der Waals surface area contributed by atoms with Gasteiger partial charge in [-0.15, -0.1) is 0 Å². The van der Waals surface area contributed by atoms with Crippen molar-refractivity contribution in [3.63, 3.8) is 0 Å². The Morgan fingerprint density at radius 3 is 2.86 bits per heavy atom. The van der Waals surface area contributed by atoms with Gasteiger partial charge in [0, 0.05) is 7.05 Å². The van der Waals surface area contributed by atoms with Gasteiger partial charge >= 0.3 is 0 Å². The number of aliphatic hydroxyl groups excluding tert-OH is 1. The van der Waals surface area contributed by atoms with E-state index < -0.39 is 0 Å². The van der Waals surface area contributed by atoms with E-state index in [1.165, 1.54) is 12.8 Å². The molecule has 1 saturated carbocycles. The fourth-order valence-corrected chi connectivity index (χ4v) is 2.51. The molecule has 0 bridgehead atoms. The van der Waals surface area contributed by atoms with Crippen molar-refractivity contribution >= 4 is 0 Å². The van der Waals surface area contributed by atoms with Crippen LogP contribution in [0, 0.1) is 11.8 Å². The molecule has 14 heavy (non-hydrogen) atoms. The minimum atomic E-state index is -0.333. The largest absolute Gasteiger partial charge is 0.387 e. The summed E-state index contributed by atoms with van der Waals surface area (Å²) in [7, 11) is 1.94. The minimum Gasteiger partial charge on any atom is -0.387 e. The summed E-state index contributed by atoms with van der Waals surface area (Å²) in [6.07, 6.45) is 6.84. The summed E-state index contributed by atoms with van der Waals surface area (Å²) in [5.74, 6) is 1.06. The molecule has 1 aliphatic carbocycles. The van der Waals surface area contributed by atoms with E-state index in [9.17, 15) is 5.11 Å². The molecule has 1 heterocycles. The lowest BCUT2D eigenvalue weighted by Gasteiger charge is -2.22. The van der Waals surface area contributed by atoms with E-state index >= 15 is 0 Å². The molecule has 0 spiro atoms. The van der Waals surface area contributed by atoms with Gasteiger partial charge in [0.05, 0.1) is 24.3 Å². The van der Waals surface area contributed by atoms with Crippen LogP contribution in [-0.4, -0.2) is 14.7 Å². The summed E-state index contributed by atoms with van der Waals surface area (Å²) in [4.78, 5) is 4.04. The van der Waals surface area contributed by atoms with Crippen LogP contribution in [0.1, 0.15) is 38.0 Å². The second kappa shape index (κ2) is 3.73. The third-order valence-corrected chi connectivity index (χ3v) is 3.49. The Bertz CT molecular complexity index is 308. The molecule has 3 nitrogen and oxygen atoms in total. The molecule has 3 heteroatoms. The lowest BCUT2D eigenvalue weighted by atomic mass is 9.90. The molecule has 0 aromatic carbocycles. The standard InChI is InChI=1S/C11H18N2O/c1-8-4-3-5-9(8)11(14)10-6-12-7-13(10)2/h6-9,11,14H,3-5H2,1-2H3. The van der Waals surface area contributed by atoms with Crippen molar-refractivity contribution in [1.29, 1.82) is 0 Å². The number of aryl methyl sites for hydroxylation is 1. The van der Waals surface area contributed by atoms with Crippen molar-refractivity contribution in [2.45, 2.75) is 32.3 Å². The van der Waals surface area contributed by atoms with Gasteiger partial charge in [0.25, 0.3) is 0 Å². The number of nitrogens with zero attached hydrogens (tertiary/aromatic N) is 2. The molecule has 0 amide bonds. The van der Waals surface area contributed by atoms with Crippen LogP contribution in [0.3, 0.4) is 0 Å². The highest BCUT2D eigenvalue weighted by Crippen LogP contribution is 2.39. The van der Waals surface area contributed by atoms with Crippen LogP contribution < -0.4 is 0 Å². The van der Waals surface area contributed by atoms with Crippen LogP contribution in [0.4, 0.5) is 0 Å². The average Bonchev–Trinajstić information content (AvgIpc) is 2.73. The SMILES string of the molecule is CC1CCCC1C(O)c1cncn1C. The smallest absolute Gasteiger partial charge is 0.0986 e. The van der Waals surface area contributed by atoms with E-state index in [1.807, 2.05) is 11.6 Å². The van der Waals surface area contributed by atoms with Crippen molar-refractivity contribution in [3.8, 4) is 0 Å². The monoisotopic (exact) mass is 194 g/mol. The molecule has 1 fully saturated rings. The zero-order chi connectivity index (χ0) is 10.1. The summed E-state index contributed by atoms with van der Waals surface area (Å²) < 4.78 is 1.91. The molecule has 1 N–H and O–H groups in total. The van der Waals surface area contributed by atoms with Crippen LogP contribution in [-0.2, 0) is 7.05 Å². The molecular formula is C11H18N2O. The average molecular weight is 194 g/mol. The van der Waals surface area contributed by atoms with Crippen LogP contribution in [0.5, 0.6) is 0 Å². The Labute approximate surface area is 84.8 Å². The van der Waals surface area contributed by atoms with Gasteiger partial charge < -0.3 is 9.67 Å². The molecule has 0 saturated heterocycles. The topological polar surface area (TPSA) is 38.1 Å². The summed E-state index contributed by atoms with van der Waals surface area (Å²) in [6, 6.07) is 0. The normalized spacial score (nSPS) is 29.4. The zero-order valence-electron chi connectivity index (χ0n) is 8.85. The Kier molecular flexibility index (Phi) is 2.59. The van der Waals surface area contributed by atoms with E-state index in [2.05, 4.69) is 11.9 Å². The van der Waals surface area contributed by atoms with E-state index in [0.29, 0.717) is 11.8 Å². The number of rotatable bonds is 2. The number of imidazole rings is 1. The molecule has 2 rings (SSSR count). The number of aliphatic hydroxyl groups is 1. The first kappa shape index (κ1) is 9.71. The second-order valence-corrected chi connectivity index (χ2v) is 4.45. The molecule has 1 aromatic rings. The first-order valence-electron chi connectivity index (χ1n) is 5.34. The molecule has 1 aromatic heterocycles. The van der Waals surface area contributed by atoms with Gasteiger partial charge in [-0.1, -0.05) is 19.8 Å². The Balaban J connectivity index is 2.15. The third-order valence-electron chi connectivity index (χ3n) is 3.49. The van der Waals surface area contributed by atoms with E-state index in [-0.39, 0.29) is 6.10 Å². The van der Waals surface area contributed by atoms with Crippen LogP contribution in [0.25, 0.3) is 0 Å². The Morgan fingerprint density at radius 2 is 2.36 bits per heavy atom. The van der Waals surface area contributed by atoms with E-state index in [4.69, 9.17) is 0 Å². The third kappa shape index (κ3) is 1.57. The maximum absolute atomic E-state index is 10.2. The first-order chi connectivity index (χ1) is 6.70. The molecule has 78 valence electrons. The van der Waals surface area contributed by atoms with Gasteiger partial charge in [-0.2, -0.15) is 0 Å². The number of aromatic nitrogens is 2. The Hall–Kier alpha value is -0.830. The molecule has 3 unspecified atom stereocenters. The quantitative estimate of drug-likeness (QED) is 0.780. The highest BCUT2D eigenvalue weighted by Gasteiger charge is 2.31. The van der Waals surface area contributed by atoms with Crippen LogP contribution >= 0.6 is 0 Å². The molecule has 0 radical (unpaired) electrons. The molecule has 0 aliphatic heterocycles. The fraction of sp³-hybridized carbons (Fsp3) is 0.727. The maximum Gasteiger partial charge on any atom is 0.0986 e. The highest BCUT2D eigenvalue weighted by atomic mass is 16.3. The lowest BCUT2D eigenvalue weighted by molar-refractivity contribution is 0.0836. The minimum absolute atomic E-state index is 0.333. The summed E-state index contributed by atoms with van der Waals surface area (Å²) in [5, 5.41) is 10.2. The van der Waals surface area contributed by atoms with Crippen molar-refractivity contribution in [1.82, 2.24) is 9.55 Å². The maximum atomic E-state index is 10.2. The van der Waals surface area contributed by atoms with Crippen molar-refractivity contribution in [2.24, 2.45) is 18.9 Å². The zero-order valence-corrected chi connectivity index (χ0v) is 8.85. The molecule has 1 aliphatic rings. The van der Waals surface area contributed by atoms with E-state index in [1.54, 1.807) is 12.5 Å². The summed E-state index contributed by atoms with van der Waals surface area (Å²) in [5.41, 5.74) is 0.948. The highest BCUT2D eigenvalue weighted by molar-refractivity contribution is 5.04. The van der Waals surface area contributed by atoms with Gasteiger partial charge in [-0.25, -0.2) is 4.98 Å². The van der Waals surface area contributed by atoms with Gasteiger partial charge in [0.1, 0.15) is 0 Å². The van der Waals surface area contributed by atoms with Crippen LogP contribution in [0.2, 0.25) is 0 Å². The summed E-state index contributed by atoms with van der Waals surface area (Å²) >= 11 is 0. The van der Waals surface area contributed by atoms with Crippen molar-refractivity contribution in [2.75, 3.05) is 0 Å². The van der Waals surface area contributed by atoms with Gasteiger partial charge in [-0.3, -0.25) is 0 Å². The first-order valence-corrected chi connectivity index (χ1v) is 5.34. The Morgan fingerprint density at radius 1 is 1.57 bits per heavy atom. The van der Waals surface area contributed by atoms with Crippen LogP contribution in [0.15, 0.2) is 12.5 Å². The number of hydrogen-bond acceptors (Lipinski definition) is 2. The molecular weight excluding hydrogens is 176 g/mol. The predicted octanol–water partition coefficient (Wildman–Crippen LogP) is 1.89. The van der Waals surface area contributed by atoms with Gasteiger partial charge in [-0.05, 0) is 18.3 Å². The van der Waals surface area contributed by atoms with E-state index in [0.717, 1.165) is 12.1 Å². The fourth-order valence-electron chi connectivity index (χ4n) is 2.51.